The van der Waals surface area contributed by atoms with Crippen LogP contribution < -0.4 is 9.46 Å². The van der Waals surface area contributed by atoms with E-state index in [0.29, 0.717) is 5.75 Å². The van der Waals surface area contributed by atoms with Crippen LogP contribution in [0, 0.1) is 0 Å². The molecule has 0 aromatic heterocycles. The molecule has 1 heterocycles. The topological polar surface area (TPSA) is 67.9 Å². The molecule has 26 heavy (non-hydrogen) atoms. The summed E-state index contributed by atoms with van der Waals surface area (Å²) in [5, 5.41) is 0.971. The van der Waals surface area contributed by atoms with Crippen molar-refractivity contribution < 1.29 is 18.0 Å². The molecule has 1 saturated carbocycles. The zero-order chi connectivity index (χ0) is 18.1. The third-order valence-electron chi connectivity index (χ3n) is 4.67. The summed E-state index contributed by atoms with van der Waals surface area (Å²) in [7, 11) is -1.69. The molecular weight excluding hydrogens is 352 g/mol. The van der Waals surface area contributed by atoms with Gasteiger partial charge in [-0.05, 0) is 42.7 Å². The van der Waals surface area contributed by atoms with Crippen molar-refractivity contribution >= 4 is 10.0 Å². The number of hydrogen-bond donors (Lipinski definition) is 1. The number of hydrogen-bond acceptors (Lipinski definition) is 5. The molecule has 6 nitrogen and oxygen atoms in total. The Morgan fingerprint density at radius 2 is 1.81 bits per heavy atom. The highest BCUT2D eigenvalue weighted by atomic mass is 32.2. The van der Waals surface area contributed by atoms with Crippen LogP contribution in [0.15, 0.2) is 54.6 Å². The molecule has 2 aromatic rings. The molecular formula is C19H22N2O4S. The third-order valence-corrected chi connectivity index (χ3v) is 6.52. The Morgan fingerprint density at radius 3 is 2.54 bits per heavy atom. The lowest BCUT2D eigenvalue weighted by Crippen LogP contribution is -2.40. The van der Waals surface area contributed by atoms with Crippen LogP contribution in [0.2, 0.25) is 0 Å². The fourth-order valence-electron chi connectivity index (χ4n) is 3.19. The molecule has 0 radical (unpaired) electrons. The second kappa shape index (κ2) is 7.00. The Balaban J connectivity index is 1.59. The van der Waals surface area contributed by atoms with E-state index in [1.165, 1.54) is 0 Å². The average molecular weight is 374 g/mol. The first kappa shape index (κ1) is 17.5. The van der Waals surface area contributed by atoms with Gasteiger partial charge in [-0.2, -0.15) is 5.06 Å². The summed E-state index contributed by atoms with van der Waals surface area (Å²) >= 11 is 0. The highest BCUT2D eigenvalue weighted by Gasteiger charge is 2.45. The Hall–Kier alpha value is -1.93. The van der Waals surface area contributed by atoms with E-state index < -0.39 is 15.3 Å². The van der Waals surface area contributed by atoms with Gasteiger partial charge in [-0.3, -0.25) is 4.84 Å². The highest BCUT2D eigenvalue weighted by Crippen LogP contribution is 2.36. The van der Waals surface area contributed by atoms with E-state index >= 15 is 0 Å². The van der Waals surface area contributed by atoms with Gasteiger partial charge in [-0.15, -0.1) is 0 Å². The van der Waals surface area contributed by atoms with Gasteiger partial charge in [0.25, 0.3) is 0 Å². The second-order valence-electron chi connectivity index (χ2n) is 6.75. The molecule has 0 spiro atoms. The normalized spacial score (nSPS) is 23.9. The molecule has 0 amide bonds. The van der Waals surface area contributed by atoms with Crippen molar-refractivity contribution in [2.24, 2.45) is 0 Å². The highest BCUT2D eigenvalue weighted by molar-refractivity contribution is 7.90. The lowest BCUT2D eigenvalue weighted by molar-refractivity contribution is -0.110. The van der Waals surface area contributed by atoms with E-state index in [4.69, 9.17) is 9.57 Å². The van der Waals surface area contributed by atoms with Crippen molar-refractivity contribution in [2.45, 2.75) is 30.2 Å². The summed E-state index contributed by atoms with van der Waals surface area (Å²) < 4.78 is 34.1. The number of benzene rings is 2. The maximum Gasteiger partial charge on any atom is 0.219 e. The number of para-hydroxylation sites is 1. The van der Waals surface area contributed by atoms with Crippen LogP contribution in [-0.4, -0.2) is 38.4 Å². The van der Waals surface area contributed by atoms with Crippen molar-refractivity contribution in [1.29, 1.82) is 0 Å². The molecule has 1 saturated heterocycles. The van der Waals surface area contributed by atoms with Gasteiger partial charge in [-0.25, -0.2) is 13.1 Å². The second-order valence-corrected chi connectivity index (χ2v) is 8.68. The van der Waals surface area contributed by atoms with Gasteiger partial charge in [0.15, 0.2) is 0 Å². The van der Waals surface area contributed by atoms with Crippen molar-refractivity contribution in [3.8, 4) is 11.5 Å². The van der Waals surface area contributed by atoms with Crippen molar-refractivity contribution in [2.75, 3.05) is 13.7 Å². The Labute approximate surface area is 153 Å². The average Bonchev–Trinajstić information content (AvgIpc) is 3.33. The predicted molar refractivity (Wildman–Crippen MR) is 98.3 cm³/mol. The number of nitrogens with one attached hydrogen (secondary N) is 1. The number of rotatable bonds is 6. The maximum atomic E-state index is 12.7. The zero-order valence-electron chi connectivity index (χ0n) is 14.5. The summed E-state index contributed by atoms with van der Waals surface area (Å²) in [6.07, 6.45) is 1.82. The summed E-state index contributed by atoms with van der Waals surface area (Å²) in [6, 6.07) is 16.7. The number of sulfonamides is 1. The largest absolute Gasteiger partial charge is 0.457 e. The molecule has 4 rings (SSSR count). The molecule has 2 aromatic carbocycles. The molecule has 7 heteroatoms. The Morgan fingerprint density at radius 1 is 1.08 bits per heavy atom. The van der Waals surface area contributed by atoms with Crippen LogP contribution in [0.5, 0.6) is 11.5 Å². The van der Waals surface area contributed by atoms with Crippen LogP contribution in [0.25, 0.3) is 0 Å². The van der Waals surface area contributed by atoms with Crippen LogP contribution in [0.3, 0.4) is 0 Å². The molecule has 2 unspecified atom stereocenters. The fourth-order valence-corrected chi connectivity index (χ4v) is 4.97. The predicted octanol–water partition coefficient (Wildman–Crippen LogP) is 2.85. The third kappa shape index (κ3) is 3.76. The van der Waals surface area contributed by atoms with Gasteiger partial charge in [-0.1, -0.05) is 30.3 Å². The summed E-state index contributed by atoms with van der Waals surface area (Å²) in [5.74, 6) is 1.40. The van der Waals surface area contributed by atoms with E-state index in [-0.39, 0.29) is 18.7 Å². The van der Waals surface area contributed by atoms with Gasteiger partial charge in [0.2, 0.25) is 10.0 Å². The van der Waals surface area contributed by atoms with Crippen molar-refractivity contribution in [1.82, 2.24) is 9.79 Å². The summed E-state index contributed by atoms with van der Waals surface area (Å²) in [4.78, 5) is 5.55. The van der Waals surface area contributed by atoms with Gasteiger partial charge in [0, 0.05) is 13.1 Å². The molecule has 1 N–H and O–H groups in total. The van der Waals surface area contributed by atoms with E-state index in [0.717, 1.165) is 24.2 Å². The molecule has 2 atom stereocenters. The van der Waals surface area contributed by atoms with Gasteiger partial charge >= 0.3 is 0 Å². The maximum absolute atomic E-state index is 12.7. The van der Waals surface area contributed by atoms with E-state index in [2.05, 4.69) is 4.72 Å². The molecule has 0 bridgehead atoms. The quantitative estimate of drug-likeness (QED) is 0.842. The first-order chi connectivity index (χ1) is 12.5. The lowest BCUT2D eigenvalue weighted by atomic mass is 10.0. The Bertz CT molecular complexity index is 868. The minimum absolute atomic E-state index is 0.0827. The minimum atomic E-state index is -3.46. The zero-order valence-corrected chi connectivity index (χ0v) is 15.4. The Kier molecular flexibility index (Phi) is 4.71. The van der Waals surface area contributed by atoms with Gasteiger partial charge < -0.3 is 4.74 Å². The number of ether oxygens (including phenoxy) is 1. The monoisotopic (exact) mass is 374 g/mol. The van der Waals surface area contributed by atoms with E-state index in [1.807, 2.05) is 54.6 Å². The van der Waals surface area contributed by atoms with Gasteiger partial charge in [0.1, 0.15) is 16.7 Å². The SMILES string of the molecule is CN1OCC(S(=O)(=O)NC2CC2)C1c1cccc(Oc2ccccc2)c1. The smallest absolute Gasteiger partial charge is 0.219 e. The standard InChI is InChI=1S/C19H22N2O4S/c1-21-19(18(13-24-21)26(22,23)20-15-10-11-15)14-6-5-9-17(12-14)25-16-7-3-2-4-8-16/h2-9,12,15,18-20H,10-11,13H2,1H3. The van der Waals surface area contributed by atoms with E-state index in [1.54, 1.807) is 12.1 Å². The molecule has 138 valence electrons. The number of nitrogens with zero attached hydrogens (tertiary/aromatic N) is 1. The lowest BCUT2D eigenvalue weighted by Gasteiger charge is -2.23. The van der Waals surface area contributed by atoms with Crippen molar-refractivity contribution in [3.63, 3.8) is 0 Å². The number of hydroxylamine groups is 2. The van der Waals surface area contributed by atoms with Crippen LogP contribution >= 0.6 is 0 Å². The first-order valence-electron chi connectivity index (χ1n) is 8.73. The van der Waals surface area contributed by atoms with E-state index in [9.17, 15) is 8.42 Å². The molecule has 1 aliphatic carbocycles. The molecule has 1 aliphatic heterocycles. The fraction of sp³-hybridized carbons (Fsp3) is 0.368. The van der Waals surface area contributed by atoms with Crippen molar-refractivity contribution in [3.05, 3.63) is 60.2 Å². The summed E-state index contributed by atoms with van der Waals surface area (Å²) in [6.45, 7) is 0.146. The van der Waals surface area contributed by atoms with Crippen LogP contribution in [-0.2, 0) is 14.9 Å². The first-order valence-corrected chi connectivity index (χ1v) is 10.3. The molecule has 2 aliphatic rings. The minimum Gasteiger partial charge on any atom is -0.457 e. The van der Waals surface area contributed by atoms with Crippen LogP contribution in [0.4, 0.5) is 0 Å². The molecule has 2 fully saturated rings. The van der Waals surface area contributed by atoms with Gasteiger partial charge in [0.05, 0.1) is 12.6 Å². The summed E-state index contributed by atoms with van der Waals surface area (Å²) in [5.41, 5.74) is 0.851. The van der Waals surface area contributed by atoms with Crippen LogP contribution in [0.1, 0.15) is 24.4 Å².